The van der Waals surface area contributed by atoms with Gasteiger partial charge >= 0.3 is 0 Å². The van der Waals surface area contributed by atoms with Gasteiger partial charge in [-0.3, -0.25) is 9.67 Å². The second kappa shape index (κ2) is 6.58. The highest BCUT2D eigenvalue weighted by atomic mass is 16.5. The molecule has 1 aliphatic rings. The lowest BCUT2D eigenvalue weighted by molar-refractivity contribution is 0.0893. The van der Waals surface area contributed by atoms with Crippen LogP contribution in [0.2, 0.25) is 0 Å². The summed E-state index contributed by atoms with van der Waals surface area (Å²) < 4.78 is 7.97. The second-order valence-electron chi connectivity index (χ2n) is 6.00. The van der Waals surface area contributed by atoms with Crippen LogP contribution < -0.4 is 5.32 Å². The Bertz CT molecular complexity index is 623. The molecule has 5 heteroatoms. The number of pyridine rings is 1. The number of nitrogens with one attached hydrogen (secondary N) is 1. The van der Waals surface area contributed by atoms with Gasteiger partial charge in [0.2, 0.25) is 0 Å². The van der Waals surface area contributed by atoms with Gasteiger partial charge in [-0.15, -0.1) is 0 Å². The lowest BCUT2D eigenvalue weighted by atomic mass is 9.94. The molecule has 2 aromatic heterocycles. The summed E-state index contributed by atoms with van der Waals surface area (Å²) in [5, 5.41) is 8.04. The van der Waals surface area contributed by atoms with Gasteiger partial charge in [0, 0.05) is 50.1 Å². The predicted molar refractivity (Wildman–Crippen MR) is 85.4 cm³/mol. The topological polar surface area (TPSA) is 52.0 Å². The van der Waals surface area contributed by atoms with Crippen LogP contribution in [-0.4, -0.2) is 27.9 Å². The molecular formula is C17H24N4O. The van der Waals surface area contributed by atoms with Gasteiger partial charge in [0.1, 0.15) is 0 Å². The van der Waals surface area contributed by atoms with E-state index in [1.807, 2.05) is 36.1 Å². The number of hydrogen-bond donors (Lipinski definition) is 1. The molecule has 0 radical (unpaired) electrons. The Kier molecular flexibility index (Phi) is 4.55. The normalized spacial score (nSPS) is 21.4. The minimum absolute atomic E-state index is 0.157. The number of nitrogens with zero attached hydrogens (tertiary/aromatic N) is 3. The predicted octanol–water partition coefficient (Wildman–Crippen LogP) is 2.30. The van der Waals surface area contributed by atoms with Gasteiger partial charge in [-0.05, 0) is 32.4 Å². The number of rotatable bonds is 5. The minimum atomic E-state index is 0.157. The molecule has 0 bridgehead atoms. The number of aryl methyl sites for hydroxylation is 2. The van der Waals surface area contributed by atoms with E-state index in [9.17, 15) is 0 Å². The molecule has 2 aromatic rings. The van der Waals surface area contributed by atoms with E-state index in [0.717, 1.165) is 37.5 Å². The fourth-order valence-corrected chi connectivity index (χ4v) is 3.25. The largest absolute Gasteiger partial charge is 0.373 e. The van der Waals surface area contributed by atoms with Crippen LogP contribution >= 0.6 is 0 Å². The van der Waals surface area contributed by atoms with E-state index >= 15 is 0 Å². The van der Waals surface area contributed by atoms with Crippen molar-refractivity contribution in [3.63, 3.8) is 0 Å². The van der Waals surface area contributed by atoms with E-state index in [2.05, 4.69) is 29.2 Å². The number of ether oxygens (including phenoxy) is 1. The third-order valence-corrected chi connectivity index (χ3v) is 4.50. The summed E-state index contributed by atoms with van der Waals surface area (Å²) >= 11 is 0. The molecule has 0 unspecified atom stereocenters. The lowest BCUT2D eigenvalue weighted by Gasteiger charge is -2.19. The maximum absolute atomic E-state index is 6.02. The van der Waals surface area contributed by atoms with E-state index in [-0.39, 0.29) is 6.10 Å². The fourth-order valence-electron chi connectivity index (χ4n) is 3.25. The summed E-state index contributed by atoms with van der Waals surface area (Å²) in [6.45, 7) is 6.76. The highest BCUT2D eigenvalue weighted by molar-refractivity contribution is 5.28. The molecule has 3 heterocycles. The maximum atomic E-state index is 6.02. The van der Waals surface area contributed by atoms with Gasteiger partial charge in [-0.1, -0.05) is 6.07 Å². The van der Waals surface area contributed by atoms with Crippen molar-refractivity contribution in [2.24, 2.45) is 13.0 Å². The van der Waals surface area contributed by atoms with Crippen LogP contribution in [0.25, 0.3) is 0 Å². The Morgan fingerprint density at radius 1 is 1.36 bits per heavy atom. The number of aromatic nitrogens is 3. The maximum Gasteiger partial charge on any atom is 0.0901 e. The first-order chi connectivity index (χ1) is 10.7. The molecule has 0 amide bonds. The molecule has 3 rings (SSSR count). The van der Waals surface area contributed by atoms with Gasteiger partial charge in [0.05, 0.1) is 17.5 Å². The Morgan fingerprint density at radius 3 is 2.91 bits per heavy atom. The fraction of sp³-hybridized carbons (Fsp3) is 0.529. The monoisotopic (exact) mass is 300 g/mol. The highest BCUT2D eigenvalue weighted by Crippen LogP contribution is 2.37. The zero-order chi connectivity index (χ0) is 15.5. The third kappa shape index (κ3) is 3.05. The quantitative estimate of drug-likeness (QED) is 0.920. The van der Waals surface area contributed by atoms with Crippen LogP contribution in [0.15, 0.2) is 24.4 Å². The average molecular weight is 300 g/mol. The summed E-state index contributed by atoms with van der Waals surface area (Å²) in [6, 6.07) is 6.01. The zero-order valence-corrected chi connectivity index (χ0v) is 13.5. The van der Waals surface area contributed by atoms with E-state index in [1.165, 1.54) is 11.3 Å². The Hall–Kier alpha value is -1.72. The number of hydrogen-bond acceptors (Lipinski definition) is 4. The van der Waals surface area contributed by atoms with Crippen LogP contribution in [-0.2, 0) is 18.3 Å². The van der Waals surface area contributed by atoms with E-state index in [0.29, 0.717) is 5.92 Å². The summed E-state index contributed by atoms with van der Waals surface area (Å²) in [5.74, 6) is 0.491. The van der Waals surface area contributed by atoms with Crippen LogP contribution in [0.5, 0.6) is 0 Å². The van der Waals surface area contributed by atoms with Crippen molar-refractivity contribution in [1.82, 2.24) is 20.1 Å². The SMILES string of the molecule is Cc1nn(C)c(C)c1[C@@H]1OCC[C@H]1CNCc1ccccn1. The third-order valence-electron chi connectivity index (χ3n) is 4.50. The van der Waals surface area contributed by atoms with E-state index < -0.39 is 0 Å². The molecule has 0 aromatic carbocycles. The molecule has 22 heavy (non-hydrogen) atoms. The molecule has 1 fully saturated rings. The van der Waals surface area contributed by atoms with Crippen molar-refractivity contribution >= 4 is 0 Å². The summed E-state index contributed by atoms with van der Waals surface area (Å²) in [5.41, 5.74) is 4.64. The van der Waals surface area contributed by atoms with Crippen molar-refractivity contribution < 1.29 is 4.74 Å². The Morgan fingerprint density at radius 2 is 2.23 bits per heavy atom. The van der Waals surface area contributed by atoms with Crippen LogP contribution in [0.4, 0.5) is 0 Å². The van der Waals surface area contributed by atoms with Crippen molar-refractivity contribution in [3.05, 3.63) is 47.0 Å². The second-order valence-corrected chi connectivity index (χ2v) is 6.00. The molecule has 1 saturated heterocycles. The summed E-state index contributed by atoms with van der Waals surface area (Å²) in [7, 11) is 2.00. The van der Waals surface area contributed by atoms with Crippen molar-refractivity contribution in [1.29, 1.82) is 0 Å². The zero-order valence-electron chi connectivity index (χ0n) is 13.5. The van der Waals surface area contributed by atoms with Crippen molar-refractivity contribution in [2.45, 2.75) is 32.9 Å². The van der Waals surface area contributed by atoms with Gasteiger partial charge in [-0.25, -0.2) is 0 Å². The van der Waals surface area contributed by atoms with Gasteiger partial charge in [-0.2, -0.15) is 5.10 Å². The molecule has 118 valence electrons. The molecule has 0 spiro atoms. The highest BCUT2D eigenvalue weighted by Gasteiger charge is 2.33. The summed E-state index contributed by atoms with van der Waals surface area (Å²) in [6.07, 6.45) is 3.08. The smallest absolute Gasteiger partial charge is 0.0901 e. The minimum Gasteiger partial charge on any atom is -0.373 e. The van der Waals surface area contributed by atoms with Gasteiger partial charge < -0.3 is 10.1 Å². The molecule has 0 saturated carbocycles. The Balaban J connectivity index is 1.63. The molecular weight excluding hydrogens is 276 g/mol. The molecule has 5 nitrogen and oxygen atoms in total. The van der Waals surface area contributed by atoms with Gasteiger partial charge in [0.25, 0.3) is 0 Å². The molecule has 1 N–H and O–H groups in total. The van der Waals surface area contributed by atoms with Crippen molar-refractivity contribution in [3.8, 4) is 0 Å². The van der Waals surface area contributed by atoms with Crippen LogP contribution in [0.1, 0.15) is 35.2 Å². The first-order valence-electron chi connectivity index (χ1n) is 7.89. The van der Waals surface area contributed by atoms with E-state index in [4.69, 9.17) is 4.74 Å². The van der Waals surface area contributed by atoms with Crippen LogP contribution in [0.3, 0.4) is 0 Å². The van der Waals surface area contributed by atoms with Gasteiger partial charge in [0.15, 0.2) is 0 Å². The van der Waals surface area contributed by atoms with E-state index in [1.54, 1.807) is 0 Å². The summed E-state index contributed by atoms with van der Waals surface area (Å²) in [4.78, 5) is 4.34. The first-order valence-corrected chi connectivity index (χ1v) is 7.89. The molecule has 2 atom stereocenters. The molecule has 1 aliphatic heterocycles. The lowest BCUT2D eigenvalue weighted by Crippen LogP contribution is -2.25. The van der Waals surface area contributed by atoms with Crippen molar-refractivity contribution in [2.75, 3.05) is 13.2 Å². The standard InChI is InChI=1S/C17H24N4O/c1-12-16(13(2)21(3)20-12)17-14(7-9-22-17)10-18-11-15-6-4-5-8-19-15/h4-6,8,14,17-18H,7,9-11H2,1-3H3/t14-,17+/m0/s1. The Labute approximate surface area is 131 Å². The van der Waals surface area contributed by atoms with Crippen LogP contribution in [0, 0.1) is 19.8 Å². The first kappa shape index (κ1) is 15.2. The average Bonchev–Trinajstić information content (AvgIpc) is 3.05. The molecule has 0 aliphatic carbocycles.